The normalized spacial score (nSPS) is 19.0. The number of rotatable bonds is 8. The standard InChI is InChI=1S/C24H28ClN5O2/c25-19-4-5-20(27-15-19)17-32-24-3-1-2-22(28-24)29-10-6-18(7-11-29)14-23-26-9-12-30(23)16-21-8-13-31-21/h1-5,9,12,15,18,21H,6-8,10-11,13-14,16-17H2/t21-/m0/s1. The quantitative estimate of drug-likeness (QED) is 0.510. The molecule has 0 N–H and O–H groups in total. The Morgan fingerprint density at radius 3 is 2.72 bits per heavy atom. The average molecular weight is 454 g/mol. The van der Waals surface area contributed by atoms with E-state index in [4.69, 9.17) is 26.1 Å². The molecule has 0 spiro atoms. The first-order valence-electron chi connectivity index (χ1n) is 11.3. The summed E-state index contributed by atoms with van der Waals surface area (Å²) in [6.07, 6.45) is 10.4. The van der Waals surface area contributed by atoms with Crippen molar-refractivity contribution in [2.24, 2.45) is 5.92 Å². The van der Waals surface area contributed by atoms with Crippen LogP contribution in [0.25, 0.3) is 0 Å². The minimum Gasteiger partial charge on any atom is -0.471 e. The lowest BCUT2D eigenvalue weighted by Gasteiger charge is -2.33. The Morgan fingerprint density at radius 2 is 1.97 bits per heavy atom. The first kappa shape index (κ1) is 21.2. The predicted octanol–water partition coefficient (Wildman–Crippen LogP) is 4.15. The van der Waals surface area contributed by atoms with Crippen molar-refractivity contribution in [1.29, 1.82) is 0 Å². The molecule has 0 saturated carbocycles. The fourth-order valence-corrected chi connectivity index (χ4v) is 4.38. The maximum absolute atomic E-state index is 5.89. The van der Waals surface area contributed by atoms with E-state index in [9.17, 15) is 0 Å². The zero-order valence-electron chi connectivity index (χ0n) is 18.1. The highest BCUT2D eigenvalue weighted by atomic mass is 35.5. The number of aromatic nitrogens is 4. The molecule has 0 aliphatic carbocycles. The van der Waals surface area contributed by atoms with Crippen molar-refractivity contribution >= 4 is 17.4 Å². The monoisotopic (exact) mass is 453 g/mol. The van der Waals surface area contributed by atoms with Gasteiger partial charge in [0, 0.05) is 50.8 Å². The molecule has 5 heterocycles. The van der Waals surface area contributed by atoms with Crippen molar-refractivity contribution in [2.45, 2.75) is 44.9 Å². The van der Waals surface area contributed by atoms with Gasteiger partial charge in [-0.2, -0.15) is 4.98 Å². The number of anilines is 1. The fourth-order valence-electron chi connectivity index (χ4n) is 4.27. The van der Waals surface area contributed by atoms with Crippen molar-refractivity contribution in [1.82, 2.24) is 19.5 Å². The molecule has 2 aliphatic heterocycles. The number of ether oxygens (including phenoxy) is 2. The summed E-state index contributed by atoms with van der Waals surface area (Å²) in [5.41, 5.74) is 0.824. The van der Waals surface area contributed by atoms with Gasteiger partial charge in [-0.3, -0.25) is 4.98 Å². The number of nitrogens with zero attached hydrogens (tertiary/aromatic N) is 5. The third kappa shape index (κ3) is 5.22. The second kappa shape index (κ2) is 9.88. The molecule has 3 aromatic heterocycles. The molecule has 3 aromatic rings. The summed E-state index contributed by atoms with van der Waals surface area (Å²) in [6.45, 7) is 4.18. The van der Waals surface area contributed by atoms with E-state index in [1.54, 1.807) is 6.20 Å². The van der Waals surface area contributed by atoms with E-state index < -0.39 is 0 Å². The zero-order chi connectivity index (χ0) is 21.8. The van der Waals surface area contributed by atoms with Crippen molar-refractivity contribution < 1.29 is 9.47 Å². The maximum atomic E-state index is 5.89. The lowest BCUT2D eigenvalue weighted by atomic mass is 9.93. The fraction of sp³-hybridized carbons (Fsp3) is 0.458. The van der Waals surface area contributed by atoms with Gasteiger partial charge in [0.1, 0.15) is 18.2 Å². The van der Waals surface area contributed by atoms with E-state index in [1.165, 1.54) is 5.82 Å². The number of hydrogen-bond donors (Lipinski definition) is 0. The maximum Gasteiger partial charge on any atom is 0.215 e. The SMILES string of the molecule is Clc1ccc(COc2cccc(N3CCC(Cc4nccn4C[C@@H]4CCO4)CC3)n2)nc1. The molecule has 2 aliphatic rings. The van der Waals surface area contributed by atoms with Crippen LogP contribution >= 0.6 is 11.6 Å². The average Bonchev–Trinajstić information content (AvgIpc) is 3.23. The molecule has 0 bridgehead atoms. The van der Waals surface area contributed by atoms with Crippen molar-refractivity contribution in [3.63, 3.8) is 0 Å². The predicted molar refractivity (Wildman–Crippen MR) is 123 cm³/mol. The van der Waals surface area contributed by atoms with Gasteiger partial charge in [0.05, 0.1) is 23.4 Å². The second-order valence-electron chi connectivity index (χ2n) is 8.50. The summed E-state index contributed by atoms with van der Waals surface area (Å²) in [5, 5.41) is 0.619. The highest BCUT2D eigenvalue weighted by Gasteiger charge is 2.24. The Hall–Kier alpha value is -2.64. The van der Waals surface area contributed by atoms with E-state index >= 15 is 0 Å². The van der Waals surface area contributed by atoms with Gasteiger partial charge in [-0.1, -0.05) is 17.7 Å². The van der Waals surface area contributed by atoms with Crippen LogP contribution in [0.2, 0.25) is 5.02 Å². The molecule has 2 fully saturated rings. The summed E-state index contributed by atoms with van der Waals surface area (Å²) in [7, 11) is 0. The first-order chi connectivity index (χ1) is 15.7. The Labute approximate surface area is 193 Å². The molecule has 0 amide bonds. The van der Waals surface area contributed by atoms with Crippen molar-refractivity contribution in [2.75, 3.05) is 24.6 Å². The van der Waals surface area contributed by atoms with Crippen LogP contribution in [0.1, 0.15) is 30.8 Å². The smallest absolute Gasteiger partial charge is 0.215 e. The van der Waals surface area contributed by atoms with Crippen LogP contribution in [0.4, 0.5) is 5.82 Å². The Balaban J connectivity index is 1.13. The Bertz CT molecular complexity index is 1010. The van der Waals surface area contributed by atoms with Gasteiger partial charge in [-0.05, 0) is 43.4 Å². The molecule has 8 heteroatoms. The molecular formula is C24H28ClN5O2. The van der Waals surface area contributed by atoms with Gasteiger partial charge in [0.2, 0.25) is 5.88 Å². The van der Waals surface area contributed by atoms with Crippen LogP contribution in [0, 0.1) is 5.92 Å². The Kier molecular flexibility index (Phi) is 6.55. The molecule has 0 aromatic carbocycles. The molecule has 1 atom stereocenters. The summed E-state index contributed by atoms with van der Waals surface area (Å²) < 4.78 is 13.7. The highest BCUT2D eigenvalue weighted by molar-refractivity contribution is 6.30. The molecule has 0 unspecified atom stereocenters. The molecular weight excluding hydrogens is 426 g/mol. The lowest BCUT2D eigenvalue weighted by Crippen LogP contribution is -2.35. The zero-order valence-corrected chi connectivity index (χ0v) is 18.8. The van der Waals surface area contributed by atoms with Crippen LogP contribution in [-0.4, -0.2) is 45.3 Å². The molecule has 168 valence electrons. The van der Waals surface area contributed by atoms with Crippen LogP contribution < -0.4 is 9.64 Å². The third-order valence-corrected chi connectivity index (χ3v) is 6.49. The number of halogens is 1. The van der Waals surface area contributed by atoms with Crippen LogP contribution in [0.5, 0.6) is 5.88 Å². The molecule has 2 saturated heterocycles. The second-order valence-corrected chi connectivity index (χ2v) is 8.94. The van der Waals surface area contributed by atoms with E-state index in [-0.39, 0.29) is 0 Å². The van der Waals surface area contributed by atoms with E-state index in [2.05, 4.69) is 31.7 Å². The highest BCUT2D eigenvalue weighted by Crippen LogP contribution is 2.26. The van der Waals surface area contributed by atoms with Crippen molar-refractivity contribution in [3.05, 3.63) is 65.5 Å². The largest absolute Gasteiger partial charge is 0.471 e. The van der Waals surface area contributed by atoms with Gasteiger partial charge in [-0.15, -0.1) is 0 Å². The summed E-state index contributed by atoms with van der Waals surface area (Å²) in [5.74, 6) is 3.41. The molecule has 7 nitrogen and oxygen atoms in total. The number of imidazole rings is 1. The third-order valence-electron chi connectivity index (χ3n) is 6.27. The summed E-state index contributed by atoms with van der Waals surface area (Å²) in [4.78, 5) is 15.9. The minimum atomic E-state index is 0.362. The van der Waals surface area contributed by atoms with Gasteiger partial charge < -0.3 is 18.9 Å². The molecule has 5 rings (SSSR count). The lowest BCUT2D eigenvalue weighted by molar-refractivity contribution is -0.0596. The Morgan fingerprint density at radius 1 is 1.09 bits per heavy atom. The minimum absolute atomic E-state index is 0.362. The molecule has 0 radical (unpaired) electrons. The van der Waals surface area contributed by atoms with E-state index in [1.807, 2.05) is 30.5 Å². The van der Waals surface area contributed by atoms with Crippen molar-refractivity contribution in [3.8, 4) is 5.88 Å². The first-order valence-corrected chi connectivity index (χ1v) is 11.7. The summed E-state index contributed by atoms with van der Waals surface area (Å²) in [6, 6.07) is 9.62. The van der Waals surface area contributed by atoms with Crippen LogP contribution in [-0.2, 0) is 24.3 Å². The molecule has 32 heavy (non-hydrogen) atoms. The van der Waals surface area contributed by atoms with Crippen LogP contribution in [0.3, 0.4) is 0 Å². The summed E-state index contributed by atoms with van der Waals surface area (Å²) >= 11 is 5.89. The van der Waals surface area contributed by atoms with E-state index in [0.717, 1.165) is 63.4 Å². The van der Waals surface area contributed by atoms with Crippen LogP contribution in [0.15, 0.2) is 48.9 Å². The topological polar surface area (TPSA) is 65.3 Å². The van der Waals surface area contributed by atoms with Gasteiger partial charge in [-0.25, -0.2) is 4.98 Å². The van der Waals surface area contributed by atoms with Gasteiger partial charge in [0.15, 0.2) is 0 Å². The van der Waals surface area contributed by atoms with Gasteiger partial charge >= 0.3 is 0 Å². The number of hydrogen-bond acceptors (Lipinski definition) is 6. The van der Waals surface area contributed by atoms with Gasteiger partial charge in [0.25, 0.3) is 0 Å². The number of piperidine rings is 1. The number of pyridine rings is 2. The van der Waals surface area contributed by atoms with E-state index in [0.29, 0.717) is 29.5 Å².